The Labute approximate surface area is 82.3 Å². The molecule has 0 saturated carbocycles. The summed E-state index contributed by atoms with van der Waals surface area (Å²) in [4.78, 5) is 0.495. The Morgan fingerprint density at radius 1 is 1.55 bits per heavy atom. The molecule has 0 unspecified atom stereocenters. The molecule has 1 aromatic rings. The van der Waals surface area contributed by atoms with E-state index in [9.17, 15) is 4.39 Å². The maximum Gasteiger partial charge on any atom is 0.139 e. The summed E-state index contributed by atoms with van der Waals surface area (Å²) in [6.45, 7) is 0. The van der Waals surface area contributed by atoms with Crippen molar-refractivity contribution in [3.8, 4) is 0 Å². The van der Waals surface area contributed by atoms with Crippen molar-refractivity contribution < 1.29 is 4.39 Å². The number of halogens is 3. The van der Waals surface area contributed by atoms with Gasteiger partial charge in [0.1, 0.15) is 5.82 Å². The summed E-state index contributed by atoms with van der Waals surface area (Å²) < 4.78 is 13.6. The van der Waals surface area contributed by atoms with E-state index in [1.54, 1.807) is 12.3 Å². The van der Waals surface area contributed by atoms with Crippen LogP contribution >= 0.6 is 39.3 Å². The van der Waals surface area contributed by atoms with Crippen LogP contribution in [0.2, 0.25) is 5.02 Å². The molecule has 0 amide bonds. The second kappa shape index (κ2) is 3.78. The predicted molar refractivity (Wildman–Crippen MR) is 50.9 cm³/mol. The van der Waals surface area contributed by atoms with Crippen LogP contribution in [0.3, 0.4) is 0 Å². The van der Waals surface area contributed by atoms with Gasteiger partial charge in [-0.05, 0) is 18.4 Å². The summed E-state index contributed by atoms with van der Waals surface area (Å²) >= 11 is 10.2. The smallest absolute Gasteiger partial charge is 0.139 e. The quantitative estimate of drug-likeness (QED) is 0.685. The van der Waals surface area contributed by atoms with Crippen LogP contribution in [0.25, 0.3) is 0 Å². The molecule has 1 rings (SSSR count). The van der Waals surface area contributed by atoms with Gasteiger partial charge in [0.15, 0.2) is 0 Å². The van der Waals surface area contributed by atoms with E-state index in [4.69, 9.17) is 11.6 Å². The predicted octanol–water partition coefficient (Wildman–Crippen LogP) is 3.96. The van der Waals surface area contributed by atoms with Gasteiger partial charge < -0.3 is 0 Å². The summed E-state index contributed by atoms with van der Waals surface area (Å²) in [6.07, 6.45) is 1.79. The van der Waals surface area contributed by atoms with E-state index in [1.807, 2.05) is 0 Å². The number of benzene rings is 1. The third kappa shape index (κ3) is 2.10. The van der Waals surface area contributed by atoms with E-state index in [2.05, 4.69) is 15.9 Å². The van der Waals surface area contributed by atoms with Crippen molar-refractivity contribution >= 4 is 39.3 Å². The first-order chi connectivity index (χ1) is 5.15. The maximum absolute atomic E-state index is 13.0. The monoisotopic (exact) mass is 254 g/mol. The molecule has 0 aromatic heterocycles. The van der Waals surface area contributed by atoms with Crippen molar-refractivity contribution in [2.24, 2.45) is 0 Å². The highest BCUT2D eigenvalue weighted by molar-refractivity contribution is 9.10. The van der Waals surface area contributed by atoms with Gasteiger partial charge in [-0.1, -0.05) is 27.5 Å². The summed E-state index contributed by atoms with van der Waals surface area (Å²) in [6, 6.07) is 3.08. The van der Waals surface area contributed by atoms with Gasteiger partial charge in [-0.15, -0.1) is 11.8 Å². The Bertz CT molecular complexity index is 254. The molecule has 0 N–H and O–H groups in total. The van der Waals surface area contributed by atoms with Crippen LogP contribution in [0.1, 0.15) is 0 Å². The zero-order valence-corrected chi connectivity index (χ0v) is 8.86. The Morgan fingerprint density at radius 2 is 2.18 bits per heavy atom. The van der Waals surface area contributed by atoms with E-state index in [0.717, 1.165) is 0 Å². The molecule has 0 nitrogen and oxygen atoms in total. The second-order valence-electron chi connectivity index (χ2n) is 1.90. The van der Waals surface area contributed by atoms with Crippen molar-refractivity contribution in [2.75, 3.05) is 6.26 Å². The van der Waals surface area contributed by atoms with E-state index < -0.39 is 0 Å². The zero-order valence-electron chi connectivity index (χ0n) is 5.70. The lowest BCUT2D eigenvalue weighted by molar-refractivity contribution is 0.601. The molecular formula is C7H5BrClFS. The van der Waals surface area contributed by atoms with Crippen LogP contribution in [0, 0.1) is 5.82 Å². The minimum Gasteiger partial charge on any atom is -0.206 e. The average molecular weight is 256 g/mol. The fourth-order valence-corrected chi connectivity index (χ4v) is 2.23. The number of rotatable bonds is 1. The molecule has 4 heteroatoms. The molecule has 0 aliphatic carbocycles. The van der Waals surface area contributed by atoms with Gasteiger partial charge in [0.2, 0.25) is 0 Å². The minimum atomic E-state index is -0.281. The normalized spacial score (nSPS) is 10.2. The lowest BCUT2D eigenvalue weighted by atomic mass is 10.3. The first-order valence-electron chi connectivity index (χ1n) is 2.83. The summed E-state index contributed by atoms with van der Waals surface area (Å²) in [5.41, 5.74) is 0. The van der Waals surface area contributed by atoms with Crippen molar-refractivity contribution in [3.63, 3.8) is 0 Å². The van der Waals surface area contributed by atoms with Gasteiger partial charge in [-0.3, -0.25) is 0 Å². The Hall–Kier alpha value is 0.270. The largest absolute Gasteiger partial charge is 0.206 e. The van der Waals surface area contributed by atoms with Gasteiger partial charge in [0.05, 0.1) is 9.92 Å². The van der Waals surface area contributed by atoms with Gasteiger partial charge in [0, 0.05) is 4.47 Å². The fourth-order valence-electron chi connectivity index (χ4n) is 0.724. The molecule has 0 bridgehead atoms. The number of hydrogen-bond donors (Lipinski definition) is 0. The fraction of sp³-hybridized carbons (Fsp3) is 0.143. The van der Waals surface area contributed by atoms with E-state index in [-0.39, 0.29) is 5.82 Å². The van der Waals surface area contributed by atoms with Crippen molar-refractivity contribution in [3.05, 3.63) is 27.4 Å². The van der Waals surface area contributed by atoms with Gasteiger partial charge in [-0.25, -0.2) is 4.39 Å². The van der Waals surface area contributed by atoms with Crippen LogP contribution in [0.15, 0.2) is 21.5 Å². The van der Waals surface area contributed by atoms with Gasteiger partial charge in [-0.2, -0.15) is 0 Å². The Balaban J connectivity index is 3.25. The average Bonchev–Trinajstić information content (AvgIpc) is 1.85. The molecule has 1 aromatic carbocycles. The lowest BCUT2D eigenvalue weighted by Crippen LogP contribution is -1.81. The Morgan fingerprint density at radius 3 is 2.64 bits per heavy atom. The number of hydrogen-bond acceptors (Lipinski definition) is 1. The molecule has 0 fully saturated rings. The summed E-state index contributed by atoms with van der Waals surface area (Å²) in [7, 11) is 0. The van der Waals surface area contributed by atoms with Gasteiger partial charge in [0.25, 0.3) is 0 Å². The maximum atomic E-state index is 13.0. The SMILES string of the molecule is CSc1c(F)cc(Br)cc1Cl. The molecule has 60 valence electrons. The summed E-state index contributed by atoms with van der Waals surface area (Å²) in [5, 5.41) is 0.448. The molecule has 0 aliphatic rings. The van der Waals surface area contributed by atoms with E-state index in [1.165, 1.54) is 17.8 Å². The number of thioether (sulfide) groups is 1. The standard InChI is InChI=1S/C7H5BrClFS/c1-11-7-5(9)2-4(8)3-6(7)10/h2-3H,1H3. The highest BCUT2D eigenvalue weighted by Crippen LogP contribution is 2.30. The zero-order chi connectivity index (χ0) is 8.43. The first kappa shape index (κ1) is 9.36. The van der Waals surface area contributed by atoms with Gasteiger partial charge >= 0.3 is 0 Å². The van der Waals surface area contributed by atoms with Crippen molar-refractivity contribution in [2.45, 2.75) is 4.90 Å². The van der Waals surface area contributed by atoms with Crippen LogP contribution < -0.4 is 0 Å². The minimum absolute atomic E-state index is 0.281. The highest BCUT2D eigenvalue weighted by atomic mass is 79.9. The topological polar surface area (TPSA) is 0 Å². The third-order valence-electron chi connectivity index (χ3n) is 1.17. The van der Waals surface area contributed by atoms with Crippen LogP contribution in [-0.4, -0.2) is 6.26 Å². The van der Waals surface area contributed by atoms with Crippen LogP contribution in [0.4, 0.5) is 4.39 Å². The van der Waals surface area contributed by atoms with Crippen molar-refractivity contribution in [1.82, 2.24) is 0 Å². The molecule has 0 spiro atoms. The van der Waals surface area contributed by atoms with Crippen molar-refractivity contribution in [1.29, 1.82) is 0 Å². The molecule has 0 aliphatic heterocycles. The first-order valence-corrected chi connectivity index (χ1v) is 5.23. The molecule has 11 heavy (non-hydrogen) atoms. The molecule has 0 radical (unpaired) electrons. The Kier molecular flexibility index (Phi) is 3.22. The third-order valence-corrected chi connectivity index (χ3v) is 2.86. The van der Waals surface area contributed by atoms with E-state index in [0.29, 0.717) is 14.4 Å². The summed E-state index contributed by atoms with van der Waals surface area (Å²) in [5.74, 6) is -0.281. The highest BCUT2D eigenvalue weighted by Gasteiger charge is 2.06. The molecular weight excluding hydrogens is 250 g/mol. The lowest BCUT2D eigenvalue weighted by Gasteiger charge is -2.01. The molecule has 0 heterocycles. The van der Waals surface area contributed by atoms with Crippen LogP contribution in [-0.2, 0) is 0 Å². The second-order valence-corrected chi connectivity index (χ2v) is 4.04. The van der Waals surface area contributed by atoms with E-state index >= 15 is 0 Å². The molecule has 0 saturated heterocycles. The van der Waals surface area contributed by atoms with Crippen LogP contribution in [0.5, 0.6) is 0 Å². The molecule has 0 atom stereocenters.